The number of nitrogens with one attached hydrogen (secondary N) is 2. The molecule has 0 saturated heterocycles. The van der Waals surface area contributed by atoms with Gasteiger partial charge in [0, 0.05) is 5.69 Å². The van der Waals surface area contributed by atoms with Crippen molar-refractivity contribution < 1.29 is 24.6 Å². The van der Waals surface area contributed by atoms with Crippen molar-refractivity contribution >= 4 is 23.7 Å². The van der Waals surface area contributed by atoms with Crippen LogP contribution in [0.15, 0.2) is 12.1 Å². The topological polar surface area (TPSA) is 116 Å². The number of carbonyl (C=O) groups is 3. The molecular formula is C14H18N2O5. The molecule has 0 spiro atoms. The fraction of sp³-hybridized carbons (Fsp3) is 0.357. The van der Waals surface area contributed by atoms with Gasteiger partial charge in [-0.05, 0) is 31.9 Å². The normalized spacial score (nSPS) is 11.6. The molecule has 0 bridgehead atoms. The van der Waals surface area contributed by atoms with E-state index in [0.717, 1.165) is 16.7 Å². The van der Waals surface area contributed by atoms with Crippen LogP contribution in [-0.2, 0) is 9.59 Å². The maximum atomic E-state index is 11.8. The number of aliphatic carboxylic acids is 2. The molecule has 0 aromatic heterocycles. The summed E-state index contributed by atoms with van der Waals surface area (Å²) in [6.07, 6.45) is -0.686. The van der Waals surface area contributed by atoms with Gasteiger partial charge in [0.1, 0.15) is 6.04 Å². The van der Waals surface area contributed by atoms with Gasteiger partial charge in [-0.3, -0.25) is 4.79 Å². The van der Waals surface area contributed by atoms with Crippen LogP contribution >= 0.6 is 0 Å². The van der Waals surface area contributed by atoms with Crippen molar-refractivity contribution in [1.29, 1.82) is 0 Å². The largest absolute Gasteiger partial charge is 0.481 e. The highest BCUT2D eigenvalue weighted by molar-refractivity contribution is 5.94. The van der Waals surface area contributed by atoms with Gasteiger partial charge < -0.3 is 20.8 Å². The van der Waals surface area contributed by atoms with Crippen LogP contribution in [0.1, 0.15) is 23.1 Å². The molecule has 114 valence electrons. The first-order valence-electron chi connectivity index (χ1n) is 6.30. The Morgan fingerprint density at radius 2 is 1.62 bits per heavy atom. The van der Waals surface area contributed by atoms with E-state index >= 15 is 0 Å². The number of anilines is 1. The molecule has 0 saturated carbocycles. The molecule has 0 fully saturated rings. The number of carboxylic acids is 2. The van der Waals surface area contributed by atoms with Crippen LogP contribution < -0.4 is 10.6 Å². The van der Waals surface area contributed by atoms with Gasteiger partial charge in [0.05, 0.1) is 6.42 Å². The second kappa shape index (κ2) is 6.74. The Balaban J connectivity index is 2.82. The zero-order valence-electron chi connectivity index (χ0n) is 12.1. The monoisotopic (exact) mass is 294 g/mol. The van der Waals surface area contributed by atoms with E-state index < -0.39 is 30.4 Å². The van der Waals surface area contributed by atoms with E-state index in [2.05, 4.69) is 10.6 Å². The average Bonchev–Trinajstić information content (AvgIpc) is 2.32. The molecule has 0 aliphatic rings. The molecule has 21 heavy (non-hydrogen) atoms. The van der Waals surface area contributed by atoms with E-state index in [1.54, 1.807) is 0 Å². The number of hydrogen-bond donors (Lipinski definition) is 4. The minimum absolute atomic E-state index is 0.581. The number of urea groups is 1. The van der Waals surface area contributed by atoms with Crippen LogP contribution in [0.3, 0.4) is 0 Å². The lowest BCUT2D eigenvalue weighted by molar-refractivity contribution is -0.145. The number of benzene rings is 1. The third-order valence-electron chi connectivity index (χ3n) is 2.90. The quantitative estimate of drug-likeness (QED) is 0.659. The number of rotatable bonds is 5. The summed E-state index contributed by atoms with van der Waals surface area (Å²) in [4.78, 5) is 33.3. The van der Waals surface area contributed by atoms with Gasteiger partial charge in [0.25, 0.3) is 0 Å². The van der Waals surface area contributed by atoms with Gasteiger partial charge >= 0.3 is 18.0 Å². The van der Waals surface area contributed by atoms with Crippen LogP contribution in [0, 0.1) is 20.8 Å². The summed E-state index contributed by atoms with van der Waals surface area (Å²) < 4.78 is 0. The predicted molar refractivity (Wildman–Crippen MR) is 76.5 cm³/mol. The van der Waals surface area contributed by atoms with Crippen LogP contribution in [0.25, 0.3) is 0 Å². The van der Waals surface area contributed by atoms with Gasteiger partial charge in [-0.25, -0.2) is 9.59 Å². The van der Waals surface area contributed by atoms with Crippen molar-refractivity contribution in [1.82, 2.24) is 5.32 Å². The van der Waals surface area contributed by atoms with Gasteiger partial charge in [-0.15, -0.1) is 0 Å². The number of hydrogen-bond acceptors (Lipinski definition) is 3. The van der Waals surface area contributed by atoms with Gasteiger partial charge in [0.15, 0.2) is 0 Å². The minimum atomic E-state index is -1.48. The average molecular weight is 294 g/mol. The summed E-state index contributed by atoms with van der Waals surface area (Å²) in [5.41, 5.74) is 3.31. The van der Waals surface area contributed by atoms with E-state index in [1.807, 2.05) is 32.9 Å². The SMILES string of the molecule is Cc1cc(C)c(NC(=O)N[C@@H](CC(=O)O)C(=O)O)c(C)c1. The van der Waals surface area contributed by atoms with Crippen LogP contribution in [0.5, 0.6) is 0 Å². The number of carboxylic acid groups (broad SMARTS) is 2. The minimum Gasteiger partial charge on any atom is -0.481 e. The van der Waals surface area contributed by atoms with Crippen molar-refractivity contribution in [3.8, 4) is 0 Å². The van der Waals surface area contributed by atoms with Crippen molar-refractivity contribution in [2.75, 3.05) is 5.32 Å². The highest BCUT2D eigenvalue weighted by Gasteiger charge is 2.23. The Morgan fingerprint density at radius 3 is 2.05 bits per heavy atom. The molecule has 1 rings (SSSR count). The van der Waals surface area contributed by atoms with Gasteiger partial charge in [-0.1, -0.05) is 17.7 Å². The first kappa shape index (κ1) is 16.5. The molecule has 1 aromatic carbocycles. The fourth-order valence-electron chi connectivity index (χ4n) is 2.06. The fourth-order valence-corrected chi connectivity index (χ4v) is 2.06. The second-order valence-corrected chi connectivity index (χ2v) is 4.86. The van der Waals surface area contributed by atoms with Crippen molar-refractivity contribution in [2.45, 2.75) is 33.2 Å². The Hall–Kier alpha value is -2.57. The number of carbonyl (C=O) groups excluding carboxylic acids is 1. The zero-order valence-corrected chi connectivity index (χ0v) is 12.1. The molecule has 0 heterocycles. The van der Waals surface area contributed by atoms with Crippen molar-refractivity contribution in [3.63, 3.8) is 0 Å². The highest BCUT2D eigenvalue weighted by Crippen LogP contribution is 2.21. The summed E-state index contributed by atoms with van der Waals surface area (Å²) in [6.45, 7) is 5.57. The molecule has 4 N–H and O–H groups in total. The molecular weight excluding hydrogens is 276 g/mol. The first-order chi connectivity index (χ1) is 9.70. The molecule has 1 atom stereocenters. The smallest absolute Gasteiger partial charge is 0.326 e. The van der Waals surface area contributed by atoms with Crippen LogP contribution in [0.4, 0.5) is 10.5 Å². The molecule has 1 aromatic rings. The van der Waals surface area contributed by atoms with E-state index in [0.29, 0.717) is 5.69 Å². The number of amides is 2. The van der Waals surface area contributed by atoms with E-state index in [4.69, 9.17) is 10.2 Å². The standard InChI is InChI=1S/C14H18N2O5/c1-7-4-8(2)12(9(3)5-7)16-14(21)15-10(13(19)20)6-11(17)18/h4-5,10H,6H2,1-3H3,(H,17,18)(H,19,20)(H2,15,16,21)/t10-/m0/s1. The first-order valence-corrected chi connectivity index (χ1v) is 6.30. The highest BCUT2D eigenvalue weighted by atomic mass is 16.4. The van der Waals surface area contributed by atoms with E-state index in [1.165, 1.54) is 0 Å². The Labute approximate surface area is 122 Å². The molecule has 0 radical (unpaired) electrons. The maximum absolute atomic E-state index is 11.8. The summed E-state index contributed by atoms with van der Waals surface area (Å²) in [7, 11) is 0. The Morgan fingerprint density at radius 1 is 1.10 bits per heavy atom. The molecule has 0 unspecified atom stereocenters. The van der Waals surface area contributed by atoms with Gasteiger partial charge in [0.2, 0.25) is 0 Å². The summed E-state index contributed by atoms with van der Waals surface area (Å²) in [6, 6.07) is 1.54. The lowest BCUT2D eigenvalue weighted by Crippen LogP contribution is -2.44. The van der Waals surface area contributed by atoms with E-state index in [-0.39, 0.29) is 0 Å². The third-order valence-corrected chi connectivity index (χ3v) is 2.90. The molecule has 7 heteroatoms. The molecule has 7 nitrogen and oxygen atoms in total. The second-order valence-electron chi connectivity index (χ2n) is 4.86. The van der Waals surface area contributed by atoms with Crippen molar-refractivity contribution in [2.24, 2.45) is 0 Å². The summed E-state index contributed by atoms with van der Waals surface area (Å²) >= 11 is 0. The maximum Gasteiger partial charge on any atom is 0.326 e. The number of aryl methyl sites for hydroxylation is 3. The van der Waals surface area contributed by atoms with Crippen LogP contribution in [-0.4, -0.2) is 34.2 Å². The summed E-state index contributed by atoms with van der Waals surface area (Å²) in [5.74, 6) is -2.70. The van der Waals surface area contributed by atoms with Crippen LogP contribution in [0.2, 0.25) is 0 Å². The molecule has 2 amide bonds. The zero-order chi connectivity index (χ0) is 16.2. The molecule has 0 aliphatic carbocycles. The summed E-state index contributed by atoms with van der Waals surface area (Å²) in [5, 5.41) is 22.2. The van der Waals surface area contributed by atoms with E-state index in [9.17, 15) is 14.4 Å². The van der Waals surface area contributed by atoms with Crippen molar-refractivity contribution in [3.05, 3.63) is 28.8 Å². The Bertz CT molecular complexity index is 560. The van der Waals surface area contributed by atoms with Gasteiger partial charge in [-0.2, -0.15) is 0 Å². The lowest BCUT2D eigenvalue weighted by atomic mass is 10.1. The lowest BCUT2D eigenvalue weighted by Gasteiger charge is -2.16. The predicted octanol–water partition coefficient (Wildman–Crippen LogP) is 1.66. The third kappa shape index (κ3) is 4.79. The molecule has 0 aliphatic heterocycles. The Kier molecular flexibility index (Phi) is 5.29.